The second-order valence-corrected chi connectivity index (χ2v) is 4.19. The molecule has 0 aromatic heterocycles. The molecule has 0 aliphatic carbocycles. The van der Waals surface area contributed by atoms with Gasteiger partial charge in [-0.25, -0.2) is 4.79 Å². The Balaban J connectivity index is 4.27. The van der Waals surface area contributed by atoms with Gasteiger partial charge in [-0.15, -0.1) is 0 Å². The van der Waals surface area contributed by atoms with E-state index in [4.69, 9.17) is 5.73 Å². The number of hydrogen-bond acceptors (Lipinski definition) is 3. The van der Waals surface area contributed by atoms with E-state index in [1.165, 1.54) is 0 Å². The van der Waals surface area contributed by atoms with Gasteiger partial charge in [-0.05, 0) is 19.3 Å². The van der Waals surface area contributed by atoms with E-state index in [-0.39, 0.29) is 12.5 Å². The molecule has 3 nitrogen and oxygen atoms in total. The minimum Gasteiger partial charge on any atom is -0.464 e. The molecule has 96 valence electrons. The van der Waals surface area contributed by atoms with Crippen LogP contribution in [-0.4, -0.2) is 24.3 Å². The summed E-state index contributed by atoms with van der Waals surface area (Å²) in [4.78, 5) is 11.2. The Bertz CT molecular complexity index is 239. The molecular weight excluding hydrogens is 223 g/mol. The third-order valence-corrected chi connectivity index (χ3v) is 2.29. The van der Waals surface area contributed by atoms with Crippen LogP contribution in [0.25, 0.3) is 0 Å². The summed E-state index contributed by atoms with van der Waals surface area (Å²) in [5.41, 5.74) is 1.97. The average molecular weight is 241 g/mol. The first-order chi connectivity index (χ1) is 7.13. The smallest absolute Gasteiger partial charge is 0.416 e. The molecule has 0 saturated heterocycles. The van der Waals surface area contributed by atoms with Crippen molar-refractivity contribution in [1.82, 2.24) is 0 Å². The van der Waals surface area contributed by atoms with Gasteiger partial charge in [0.05, 0.1) is 6.61 Å². The van der Waals surface area contributed by atoms with Crippen molar-refractivity contribution in [3.63, 3.8) is 0 Å². The molecule has 0 spiro atoms. The molecule has 6 heteroatoms. The number of halogens is 3. The minimum atomic E-state index is -4.79. The van der Waals surface area contributed by atoms with Crippen molar-refractivity contribution in [3.8, 4) is 0 Å². The maximum absolute atomic E-state index is 12.3. The Morgan fingerprint density at radius 1 is 1.44 bits per heavy atom. The Morgan fingerprint density at radius 2 is 1.94 bits per heavy atom. The van der Waals surface area contributed by atoms with Crippen molar-refractivity contribution in [2.45, 2.75) is 45.3 Å². The van der Waals surface area contributed by atoms with Crippen molar-refractivity contribution < 1.29 is 22.7 Å². The summed E-state index contributed by atoms with van der Waals surface area (Å²) in [5, 5.41) is 0. The quantitative estimate of drug-likeness (QED) is 0.751. The number of rotatable bonds is 5. The minimum absolute atomic E-state index is 0.0322. The number of esters is 1. The summed E-state index contributed by atoms with van der Waals surface area (Å²) in [7, 11) is 0. The second kappa shape index (κ2) is 5.52. The fourth-order valence-corrected chi connectivity index (χ4v) is 1.06. The highest BCUT2D eigenvalue weighted by Gasteiger charge is 2.55. The molecule has 0 aromatic carbocycles. The fraction of sp³-hybridized carbons (Fsp3) is 0.900. The van der Waals surface area contributed by atoms with Gasteiger partial charge in [0.15, 0.2) is 0 Å². The van der Waals surface area contributed by atoms with Gasteiger partial charge < -0.3 is 10.5 Å². The summed E-state index contributed by atoms with van der Waals surface area (Å²) >= 11 is 0. The molecule has 0 fully saturated rings. The van der Waals surface area contributed by atoms with E-state index >= 15 is 0 Å². The molecule has 0 aliphatic rings. The molecule has 2 unspecified atom stereocenters. The summed E-state index contributed by atoms with van der Waals surface area (Å²) in [6, 6.07) is 0. The standard InChI is InChI=1S/C10H18F3NO2/c1-4-5-7(2)6-16-8(15)9(3,14)10(11,12)13/h7H,4-6,14H2,1-3H3. The van der Waals surface area contributed by atoms with Crippen LogP contribution in [0, 0.1) is 5.92 Å². The van der Waals surface area contributed by atoms with Crippen LogP contribution >= 0.6 is 0 Å². The normalized spacial score (nSPS) is 17.7. The van der Waals surface area contributed by atoms with Gasteiger partial charge in [0.1, 0.15) is 0 Å². The maximum atomic E-state index is 12.3. The summed E-state index contributed by atoms with van der Waals surface area (Å²) in [5.74, 6) is -1.39. The number of carbonyl (C=O) groups excluding carboxylic acids is 1. The monoisotopic (exact) mass is 241 g/mol. The highest BCUT2D eigenvalue weighted by molar-refractivity contribution is 5.81. The number of hydrogen-bond donors (Lipinski definition) is 1. The lowest BCUT2D eigenvalue weighted by molar-refractivity contribution is -0.202. The molecule has 16 heavy (non-hydrogen) atoms. The average Bonchev–Trinajstić information content (AvgIpc) is 2.12. The van der Waals surface area contributed by atoms with Gasteiger partial charge in [-0.2, -0.15) is 13.2 Å². The van der Waals surface area contributed by atoms with Crippen molar-refractivity contribution in [3.05, 3.63) is 0 Å². The number of alkyl halides is 3. The molecular formula is C10H18F3NO2. The van der Waals surface area contributed by atoms with E-state index in [0.29, 0.717) is 6.92 Å². The first kappa shape index (κ1) is 15.2. The first-order valence-electron chi connectivity index (χ1n) is 5.15. The molecule has 0 bridgehead atoms. The molecule has 2 N–H and O–H groups in total. The van der Waals surface area contributed by atoms with Gasteiger partial charge in [0.25, 0.3) is 0 Å². The highest BCUT2D eigenvalue weighted by atomic mass is 19.4. The number of nitrogens with two attached hydrogens (primary N) is 1. The topological polar surface area (TPSA) is 52.3 Å². The maximum Gasteiger partial charge on any atom is 0.416 e. The van der Waals surface area contributed by atoms with E-state index in [1.54, 1.807) is 6.92 Å². The van der Waals surface area contributed by atoms with Crippen molar-refractivity contribution >= 4 is 5.97 Å². The fourth-order valence-electron chi connectivity index (χ4n) is 1.06. The lowest BCUT2D eigenvalue weighted by Gasteiger charge is -2.25. The van der Waals surface area contributed by atoms with Crippen LogP contribution in [0.4, 0.5) is 13.2 Å². The Morgan fingerprint density at radius 3 is 2.31 bits per heavy atom. The molecule has 0 saturated carbocycles. The largest absolute Gasteiger partial charge is 0.464 e. The van der Waals surface area contributed by atoms with Crippen molar-refractivity contribution in [2.75, 3.05) is 6.61 Å². The van der Waals surface area contributed by atoms with Crippen LogP contribution < -0.4 is 5.73 Å². The lowest BCUT2D eigenvalue weighted by atomic mass is 10.0. The SMILES string of the molecule is CCCC(C)COC(=O)C(C)(N)C(F)(F)F. The second-order valence-electron chi connectivity index (χ2n) is 4.19. The molecule has 0 aromatic rings. The van der Waals surface area contributed by atoms with Gasteiger partial charge in [-0.3, -0.25) is 0 Å². The van der Waals surface area contributed by atoms with Crippen LogP contribution in [0.2, 0.25) is 0 Å². The zero-order chi connectivity index (χ0) is 13.0. The summed E-state index contributed by atoms with van der Waals surface area (Å²) < 4.78 is 41.6. The van der Waals surface area contributed by atoms with Crippen LogP contribution in [0.3, 0.4) is 0 Å². The third kappa shape index (κ3) is 4.00. The zero-order valence-electron chi connectivity index (χ0n) is 9.73. The van der Waals surface area contributed by atoms with E-state index in [2.05, 4.69) is 4.74 Å². The zero-order valence-corrected chi connectivity index (χ0v) is 9.73. The third-order valence-electron chi connectivity index (χ3n) is 2.29. The highest BCUT2D eigenvalue weighted by Crippen LogP contribution is 2.29. The van der Waals surface area contributed by atoms with E-state index in [9.17, 15) is 18.0 Å². The van der Waals surface area contributed by atoms with E-state index in [1.807, 2.05) is 6.92 Å². The van der Waals surface area contributed by atoms with Gasteiger partial charge in [-0.1, -0.05) is 20.3 Å². The Kier molecular flexibility index (Phi) is 5.25. The Hall–Kier alpha value is -0.780. The van der Waals surface area contributed by atoms with Crippen LogP contribution in [0.15, 0.2) is 0 Å². The van der Waals surface area contributed by atoms with Crippen molar-refractivity contribution in [1.29, 1.82) is 0 Å². The molecule has 0 amide bonds. The van der Waals surface area contributed by atoms with E-state index in [0.717, 1.165) is 12.8 Å². The van der Waals surface area contributed by atoms with Gasteiger partial charge >= 0.3 is 12.1 Å². The van der Waals surface area contributed by atoms with Gasteiger partial charge in [0, 0.05) is 0 Å². The Labute approximate surface area is 93.1 Å². The molecule has 0 heterocycles. The lowest BCUT2D eigenvalue weighted by Crippen LogP contribution is -2.58. The van der Waals surface area contributed by atoms with E-state index < -0.39 is 17.7 Å². The van der Waals surface area contributed by atoms with Crippen LogP contribution in [0.5, 0.6) is 0 Å². The molecule has 0 aliphatic heterocycles. The first-order valence-corrected chi connectivity index (χ1v) is 5.15. The molecule has 0 radical (unpaired) electrons. The number of carbonyl (C=O) groups is 1. The molecule has 0 rings (SSSR count). The van der Waals surface area contributed by atoms with Crippen molar-refractivity contribution in [2.24, 2.45) is 11.7 Å². The van der Waals surface area contributed by atoms with Gasteiger partial charge in [0.2, 0.25) is 5.54 Å². The summed E-state index contributed by atoms with van der Waals surface area (Å²) in [6.07, 6.45) is -3.11. The predicted molar refractivity (Wildman–Crippen MR) is 53.7 cm³/mol. The number of ether oxygens (including phenoxy) is 1. The van der Waals surface area contributed by atoms with Crippen LogP contribution in [-0.2, 0) is 9.53 Å². The summed E-state index contributed by atoms with van der Waals surface area (Å²) in [6.45, 7) is 4.33. The predicted octanol–water partition coefficient (Wildman–Crippen LogP) is 2.25. The van der Waals surface area contributed by atoms with Crippen LogP contribution in [0.1, 0.15) is 33.6 Å². The molecule has 2 atom stereocenters.